The van der Waals surface area contributed by atoms with Crippen LogP contribution in [0.2, 0.25) is 0 Å². The average molecular weight is 430 g/mol. The van der Waals surface area contributed by atoms with E-state index in [4.69, 9.17) is 5.73 Å². The third-order valence-electron chi connectivity index (χ3n) is 5.16. The molecule has 0 aliphatic carbocycles. The van der Waals surface area contributed by atoms with Crippen LogP contribution in [-0.4, -0.2) is 40.0 Å². The van der Waals surface area contributed by atoms with Crippen molar-refractivity contribution < 1.29 is 12.8 Å². The summed E-state index contributed by atoms with van der Waals surface area (Å²) in [6, 6.07) is 18.0. The van der Waals surface area contributed by atoms with Crippen LogP contribution in [0, 0.1) is 5.82 Å². The molecule has 0 saturated heterocycles. The molecule has 0 amide bonds. The number of likely N-dealkylation sites (N-methyl/N-ethyl adjacent to an activating group) is 1. The van der Waals surface area contributed by atoms with Gasteiger partial charge < -0.3 is 10.6 Å². The lowest BCUT2D eigenvalue weighted by Crippen LogP contribution is -2.33. The Balaban J connectivity index is 1.45. The predicted octanol–water partition coefficient (Wildman–Crippen LogP) is 3.28. The van der Waals surface area contributed by atoms with Gasteiger partial charge in [0, 0.05) is 25.2 Å². The molecule has 0 unspecified atom stereocenters. The molecule has 0 aliphatic heterocycles. The maximum atomic E-state index is 13.8. The molecule has 0 atom stereocenters. The monoisotopic (exact) mass is 429 g/mol. The van der Waals surface area contributed by atoms with Gasteiger partial charge in [-0.2, -0.15) is 0 Å². The number of aryl methyl sites for hydroxylation is 1. The molecule has 3 aromatic rings. The van der Waals surface area contributed by atoms with Gasteiger partial charge >= 0.3 is 0 Å². The molecule has 7 heteroatoms. The topological polar surface area (TPSA) is 75.4 Å². The number of sulfonamides is 1. The second-order valence-electron chi connectivity index (χ2n) is 7.44. The lowest BCUT2D eigenvalue weighted by atomic mass is 10.1. The zero-order chi connectivity index (χ0) is 21.6. The zero-order valence-corrected chi connectivity index (χ0v) is 18.0. The quantitative estimate of drug-likeness (QED) is 0.519. The largest absolute Gasteiger partial charge is 0.326 e. The van der Waals surface area contributed by atoms with E-state index in [1.807, 2.05) is 43.4 Å². The second kappa shape index (κ2) is 10.1. The first-order valence-electron chi connectivity index (χ1n) is 10.0. The van der Waals surface area contributed by atoms with Crippen LogP contribution in [0.15, 0.2) is 65.6 Å². The molecule has 0 heterocycles. The standard InChI is InChI=1S/C23H28FN3O2S/c1-27(13-4-5-18-8-9-21(17-25)23(24)15-18)14-12-26-30(28,29)22-11-10-19-6-2-3-7-20(19)16-22/h2-3,6-11,15-16,26H,4-5,12-14,17,25H2,1H3. The van der Waals surface area contributed by atoms with Crippen molar-refractivity contribution in [3.8, 4) is 0 Å². The Kier molecular flexibility index (Phi) is 7.55. The van der Waals surface area contributed by atoms with E-state index in [0.717, 1.165) is 35.7 Å². The van der Waals surface area contributed by atoms with Gasteiger partial charge in [0.1, 0.15) is 5.82 Å². The van der Waals surface area contributed by atoms with Crippen LogP contribution < -0.4 is 10.5 Å². The van der Waals surface area contributed by atoms with Crippen molar-refractivity contribution in [3.05, 3.63) is 77.6 Å². The van der Waals surface area contributed by atoms with Gasteiger partial charge in [0.2, 0.25) is 10.0 Å². The molecule has 0 bridgehead atoms. The highest BCUT2D eigenvalue weighted by atomic mass is 32.2. The van der Waals surface area contributed by atoms with Gasteiger partial charge in [-0.15, -0.1) is 0 Å². The number of halogens is 1. The van der Waals surface area contributed by atoms with E-state index in [2.05, 4.69) is 9.62 Å². The van der Waals surface area contributed by atoms with Crippen molar-refractivity contribution in [1.82, 2.24) is 9.62 Å². The number of benzene rings is 3. The molecule has 0 radical (unpaired) electrons. The summed E-state index contributed by atoms with van der Waals surface area (Å²) >= 11 is 0. The van der Waals surface area contributed by atoms with Crippen molar-refractivity contribution in [2.45, 2.75) is 24.3 Å². The predicted molar refractivity (Wildman–Crippen MR) is 119 cm³/mol. The highest BCUT2D eigenvalue weighted by molar-refractivity contribution is 7.89. The van der Waals surface area contributed by atoms with Crippen molar-refractivity contribution in [2.24, 2.45) is 5.73 Å². The summed E-state index contributed by atoms with van der Waals surface area (Å²) in [6.07, 6.45) is 1.62. The summed E-state index contributed by atoms with van der Waals surface area (Å²) < 4.78 is 41.6. The van der Waals surface area contributed by atoms with E-state index < -0.39 is 10.0 Å². The normalized spacial score (nSPS) is 12.0. The average Bonchev–Trinajstić information content (AvgIpc) is 2.73. The van der Waals surface area contributed by atoms with Gasteiger partial charge in [-0.25, -0.2) is 17.5 Å². The number of hydrogen-bond acceptors (Lipinski definition) is 4. The van der Waals surface area contributed by atoms with Crippen molar-refractivity contribution >= 4 is 20.8 Å². The van der Waals surface area contributed by atoms with Crippen LogP contribution >= 0.6 is 0 Å². The second-order valence-corrected chi connectivity index (χ2v) is 9.21. The molecule has 0 aliphatic rings. The summed E-state index contributed by atoms with van der Waals surface area (Å²) in [5.74, 6) is -0.258. The number of rotatable bonds is 10. The Labute approximate surface area is 177 Å². The fourth-order valence-electron chi connectivity index (χ4n) is 3.37. The fraction of sp³-hybridized carbons (Fsp3) is 0.304. The van der Waals surface area contributed by atoms with E-state index in [1.165, 1.54) is 0 Å². The minimum absolute atomic E-state index is 0.198. The fourth-order valence-corrected chi connectivity index (χ4v) is 4.42. The third kappa shape index (κ3) is 5.86. The van der Waals surface area contributed by atoms with Crippen LogP contribution in [0.4, 0.5) is 4.39 Å². The van der Waals surface area contributed by atoms with Crippen LogP contribution in [0.25, 0.3) is 10.8 Å². The first kappa shape index (κ1) is 22.4. The van der Waals surface area contributed by atoms with Gasteiger partial charge in [-0.1, -0.05) is 42.5 Å². The van der Waals surface area contributed by atoms with E-state index in [9.17, 15) is 12.8 Å². The van der Waals surface area contributed by atoms with Crippen LogP contribution in [-0.2, 0) is 23.0 Å². The Morgan fingerprint density at radius 2 is 1.77 bits per heavy atom. The molecule has 0 fully saturated rings. The first-order valence-corrected chi connectivity index (χ1v) is 11.5. The van der Waals surface area contributed by atoms with Crippen molar-refractivity contribution in [3.63, 3.8) is 0 Å². The lowest BCUT2D eigenvalue weighted by molar-refractivity contribution is 0.334. The maximum Gasteiger partial charge on any atom is 0.240 e. The summed E-state index contributed by atoms with van der Waals surface area (Å²) in [7, 11) is -1.60. The minimum atomic E-state index is -3.55. The van der Waals surface area contributed by atoms with Crippen LogP contribution in [0.5, 0.6) is 0 Å². The highest BCUT2D eigenvalue weighted by Crippen LogP contribution is 2.18. The van der Waals surface area contributed by atoms with E-state index >= 15 is 0 Å². The van der Waals surface area contributed by atoms with E-state index in [-0.39, 0.29) is 17.3 Å². The molecule has 5 nitrogen and oxygen atoms in total. The summed E-state index contributed by atoms with van der Waals surface area (Å²) in [5, 5.41) is 1.90. The first-order chi connectivity index (χ1) is 14.4. The Morgan fingerprint density at radius 3 is 2.50 bits per heavy atom. The van der Waals surface area contributed by atoms with Crippen LogP contribution in [0.3, 0.4) is 0 Å². The summed E-state index contributed by atoms with van der Waals surface area (Å²) in [5.41, 5.74) is 6.95. The zero-order valence-electron chi connectivity index (χ0n) is 17.1. The molecule has 3 aromatic carbocycles. The Morgan fingerprint density at radius 1 is 1.00 bits per heavy atom. The third-order valence-corrected chi connectivity index (χ3v) is 6.62. The molecular weight excluding hydrogens is 401 g/mol. The Hall–Kier alpha value is -2.32. The summed E-state index contributed by atoms with van der Waals surface area (Å²) in [4.78, 5) is 2.33. The molecule has 0 aromatic heterocycles. The number of hydrogen-bond donors (Lipinski definition) is 2. The van der Waals surface area contributed by atoms with Gasteiger partial charge in [-0.3, -0.25) is 0 Å². The molecule has 160 valence electrons. The molecule has 3 N–H and O–H groups in total. The van der Waals surface area contributed by atoms with Gasteiger partial charge in [0.15, 0.2) is 0 Å². The Bertz CT molecular complexity index is 1100. The maximum absolute atomic E-state index is 13.8. The van der Waals surface area contributed by atoms with Gasteiger partial charge in [0.05, 0.1) is 4.90 Å². The van der Waals surface area contributed by atoms with Crippen LogP contribution in [0.1, 0.15) is 17.5 Å². The van der Waals surface area contributed by atoms with Gasteiger partial charge in [0.25, 0.3) is 0 Å². The number of nitrogens with one attached hydrogen (secondary N) is 1. The molecular formula is C23H28FN3O2S. The number of nitrogens with two attached hydrogens (primary N) is 1. The molecule has 0 saturated carbocycles. The van der Waals surface area contributed by atoms with Crippen molar-refractivity contribution in [2.75, 3.05) is 26.7 Å². The van der Waals surface area contributed by atoms with E-state index in [0.29, 0.717) is 18.7 Å². The smallest absolute Gasteiger partial charge is 0.240 e. The van der Waals surface area contributed by atoms with Crippen molar-refractivity contribution in [1.29, 1.82) is 0 Å². The lowest BCUT2D eigenvalue weighted by Gasteiger charge is -2.17. The highest BCUT2D eigenvalue weighted by Gasteiger charge is 2.14. The number of fused-ring (bicyclic) bond motifs is 1. The summed E-state index contributed by atoms with van der Waals surface area (Å²) in [6.45, 7) is 1.90. The molecule has 3 rings (SSSR count). The SMILES string of the molecule is CN(CCCc1ccc(CN)c(F)c1)CCNS(=O)(=O)c1ccc2ccccc2c1. The molecule has 30 heavy (non-hydrogen) atoms. The van der Waals surface area contributed by atoms with E-state index in [1.54, 1.807) is 24.3 Å². The van der Waals surface area contributed by atoms with Gasteiger partial charge in [-0.05, 0) is 61.0 Å². The number of nitrogens with zero attached hydrogens (tertiary/aromatic N) is 1. The molecule has 0 spiro atoms. The minimum Gasteiger partial charge on any atom is -0.326 e.